The highest BCUT2D eigenvalue weighted by atomic mass is 79.9. The van der Waals surface area contributed by atoms with E-state index in [-0.39, 0.29) is 17.2 Å². The smallest absolute Gasteiger partial charge is 0.191 e. The lowest BCUT2D eigenvalue weighted by Crippen LogP contribution is -2.11. The summed E-state index contributed by atoms with van der Waals surface area (Å²) < 4.78 is 33.6. The molecule has 0 radical (unpaired) electrons. The first-order valence-corrected chi connectivity index (χ1v) is 6.84. The average Bonchev–Trinajstić information content (AvgIpc) is 2.39. The van der Waals surface area contributed by atoms with E-state index in [1.54, 1.807) is 6.07 Å². The molecule has 2 rings (SSSR count). The lowest BCUT2D eigenvalue weighted by Gasteiger charge is -2.10. The lowest BCUT2D eigenvalue weighted by atomic mass is 10.2. The molecular formula is C14H10BrF2NOS. The van der Waals surface area contributed by atoms with E-state index >= 15 is 0 Å². The Bertz CT molecular complexity index is 640. The molecule has 0 aliphatic heterocycles. The van der Waals surface area contributed by atoms with Crippen molar-refractivity contribution in [3.63, 3.8) is 0 Å². The van der Waals surface area contributed by atoms with Crippen LogP contribution in [-0.4, -0.2) is 4.99 Å². The Morgan fingerprint density at radius 3 is 2.35 bits per heavy atom. The zero-order valence-corrected chi connectivity index (χ0v) is 12.6. The van der Waals surface area contributed by atoms with Gasteiger partial charge in [-0.25, -0.2) is 8.78 Å². The Morgan fingerprint density at radius 1 is 1.20 bits per heavy atom. The summed E-state index contributed by atoms with van der Waals surface area (Å²) in [5, 5.41) is 0. The number of halogens is 3. The molecule has 2 nitrogen and oxygen atoms in total. The Balaban J connectivity index is 2.22. The Morgan fingerprint density at radius 2 is 1.80 bits per heavy atom. The maximum atomic E-state index is 13.8. The number of thiocarbonyl (C=S) groups is 1. The second-order valence-electron chi connectivity index (χ2n) is 4.01. The third-order valence-electron chi connectivity index (χ3n) is 2.61. The Labute approximate surface area is 128 Å². The van der Waals surface area contributed by atoms with Gasteiger partial charge in [0.15, 0.2) is 17.4 Å². The van der Waals surface area contributed by atoms with Gasteiger partial charge in [0.2, 0.25) is 0 Å². The Hall–Kier alpha value is -1.53. The van der Waals surface area contributed by atoms with Crippen LogP contribution in [0, 0.1) is 11.6 Å². The summed E-state index contributed by atoms with van der Waals surface area (Å²) in [6, 6.07) is 9.38. The first-order chi connectivity index (χ1) is 9.49. The van der Waals surface area contributed by atoms with Crippen molar-refractivity contribution < 1.29 is 13.5 Å². The number of hydrogen-bond donors (Lipinski definition) is 1. The molecule has 2 aromatic carbocycles. The van der Waals surface area contributed by atoms with E-state index in [4.69, 9.17) is 10.5 Å². The number of hydrogen-bond acceptors (Lipinski definition) is 2. The van der Waals surface area contributed by atoms with Crippen molar-refractivity contribution in [3.05, 3.63) is 63.6 Å². The predicted octanol–water partition coefficient (Wildman–Crippen LogP) is 3.94. The predicted molar refractivity (Wildman–Crippen MR) is 80.7 cm³/mol. The molecule has 0 fully saturated rings. The number of ether oxygens (including phenoxy) is 1. The zero-order chi connectivity index (χ0) is 14.7. The van der Waals surface area contributed by atoms with Crippen LogP contribution in [0.4, 0.5) is 8.78 Å². The molecule has 2 aromatic rings. The molecule has 0 bridgehead atoms. The molecule has 0 amide bonds. The fraction of sp³-hybridized carbons (Fsp3) is 0.0714. The summed E-state index contributed by atoms with van der Waals surface area (Å²) in [6.45, 7) is 0.0433. The van der Waals surface area contributed by atoms with Gasteiger partial charge in [-0.3, -0.25) is 0 Å². The van der Waals surface area contributed by atoms with Crippen LogP contribution in [0.25, 0.3) is 0 Å². The van der Waals surface area contributed by atoms with Gasteiger partial charge in [0, 0.05) is 15.6 Å². The number of rotatable bonds is 4. The van der Waals surface area contributed by atoms with Crippen LogP contribution >= 0.6 is 28.1 Å². The molecule has 0 unspecified atom stereocenters. The monoisotopic (exact) mass is 357 g/mol. The molecule has 0 atom stereocenters. The normalized spacial score (nSPS) is 10.3. The van der Waals surface area contributed by atoms with Gasteiger partial charge in [0.05, 0.1) is 0 Å². The van der Waals surface area contributed by atoms with Crippen LogP contribution in [0.5, 0.6) is 5.75 Å². The summed E-state index contributed by atoms with van der Waals surface area (Å²) in [5.41, 5.74) is 6.25. The molecule has 2 N–H and O–H groups in total. The van der Waals surface area contributed by atoms with E-state index in [0.717, 1.165) is 22.2 Å². The van der Waals surface area contributed by atoms with Crippen LogP contribution < -0.4 is 10.5 Å². The van der Waals surface area contributed by atoms with E-state index in [2.05, 4.69) is 28.1 Å². The minimum Gasteiger partial charge on any atom is -0.483 e. The lowest BCUT2D eigenvalue weighted by molar-refractivity contribution is 0.273. The standard InChI is InChI=1S/C14H10BrF2NOS/c15-10-4-2-1-3-8(10)7-19-13-11(16)5-9(14(18)20)6-12(13)17/h1-6H,7H2,(H2,18,20). The van der Waals surface area contributed by atoms with E-state index in [1.165, 1.54) is 0 Å². The number of benzene rings is 2. The van der Waals surface area contributed by atoms with Crippen LogP contribution in [0.1, 0.15) is 11.1 Å². The highest BCUT2D eigenvalue weighted by molar-refractivity contribution is 9.10. The zero-order valence-electron chi connectivity index (χ0n) is 10.2. The van der Waals surface area contributed by atoms with Crippen molar-refractivity contribution in [1.82, 2.24) is 0 Å². The molecule has 0 spiro atoms. The summed E-state index contributed by atoms with van der Waals surface area (Å²) in [7, 11) is 0. The van der Waals surface area contributed by atoms with E-state index < -0.39 is 17.4 Å². The molecule has 6 heteroatoms. The molecule has 0 saturated heterocycles. The second-order valence-corrected chi connectivity index (χ2v) is 5.31. The van der Waals surface area contributed by atoms with Gasteiger partial charge >= 0.3 is 0 Å². The van der Waals surface area contributed by atoms with Gasteiger partial charge in [0.25, 0.3) is 0 Å². The van der Waals surface area contributed by atoms with Gasteiger partial charge in [-0.2, -0.15) is 0 Å². The summed E-state index contributed by atoms with van der Waals surface area (Å²) >= 11 is 8.02. The minimum absolute atomic E-state index is 0.0433. The summed E-state index contributed by atoms with van der Waals surface area (Å²) in [5.74, 6) is -2.11. The largest absolute Gasteiger partial charge is 0.483 e. The van der Waals surface area contributed by atoms with Crippen molar-refractivity contribution >= 4 is 33.1 Å². The summed E-state index contributed by atoms with van der Waals surface area (Å²) in [4.78, 5) is -0.0693. The quantitative estimate of drug-likeness (QED) is 0.841. The van der Waals surface area contributed by atoms with Crippen molar-refractivity contribution in [2.45, 2.75) is 6.61 Å². The Kier molecular flexibility index (Phi) is 4.67. The fourth-order valence-electron chi connectivity index (χ4n) is 1.61. The minimum atomic E-state index is -0.833. The van der Waals surface area contributed by atoms with Crippen LogP contribution in [-0.2, 0) is 6.61 Å². The maximum absolute atomic E-state index is 13.8. The SMILES string of the molecule is NC(=S)c1cc(F)c(OCc2ccccc2Br)c(F)c1. The first kappa shape index (κ1) is 14.9. The van der Waals surface area contributed by atoms with E-state index in [9.17, 15) is 8.78 Å². The van der Waals surface area contributed by atoms with Gasteiger partial charge < -0.3 is 10.5 Å². The van der Waals surface area contributed by atoms with Gasteiger partial charge in [-0.1, -0.05) is 46.3 Å². The molecule has 0 aromatic heterocycles. The molecule has 20 heavy (non-hydrogen) atoms. The topological polar surface area (TPSA) is 35.2 Å². The fourth-order valence-corrected chi connectivity index (χ4v) is 2.12. The third kappa shape index (κ3) is 3.32. The molecule has 0 saturated carbocycles. The van der Waals surface area contributed by atoms with Gasteiger partial charge in [-0.15, -0.1) is 0 Å². The highest BCUT2D eigenvalue weighted by Crippen LogP contribution is 2.25. The summed E-state index contributed by atoms with van der Waals surface area (Å²) in [6.07, 6.45) is 0. The van der Waals surface area contributed by atoms with E-state index in [0.29, 0.717) is 0 Å². The van der Waals surface area contributed by atoms with Crippen LogP contribution in [0.15, 0.2) is 40.9 Å². The van der Waals surface area contributed by atoms with Crippen molar-refractivity contribution in [3.8, 4) is 5.75 Å². The van der Waals surface area contributed by atoms with Crippen molar-refractivity contribution in [2.75, 3.05) is 0 Å². The number of nitrogens with two attached hydrogens (primary N) is 1. The average molecular weight is 358 g/mol. The highest BCUT2D eigenvalue weighted by Gasteiger charge is 2.14. The third-order valence-corrected chi connectivity index (χ3v) is 3.62. The van der Waals surface area contributed by atoms with E-state index in [1.807, 2.05) is 18.2 Å². The van der Waals surface area contributed by atoms with Gasteiger partial charge in [-0.05, 0) is 18.2 Å². The van der Waals surface area contributed by atoms with Crippen LogP contribution in [0.3, 0.4) is 0 Å². The first-order valence-electron chi connectivity index (χ1n) is 5.64. The van der Waals surface area contributed by atoms with Crippen molar-refractivity contribution in [1.29, 1.82) is 0 Å². The second kappa shape index (κ2) is 6.28. The van der Waals surface area contributed by atoms with Gasteiger partial charge in [0.1, 0.15) is 11.6 Å². The molecular weight excluding hydrogens is 348 g/mol. The van der Waals surface area contributed by atoms with Crippen molar-refractivity contribution in [2.24, 2.45) is 5.73 Å². The molecule has 0 aliphatic carbocycles. The molecule has 104 valence electrons. The molecule has 0 heterocycles. The molecule has 0 aliphatic rings. The van der Waals surface area contributed by atoms with Crippen LogP contribution in [0.2, 0.25) is 0 Å². The maximum Gasteiger partial charge on any atom is 0.191 e.